The van der Waals surface area contributed by atoms with E-state index in [1.54, 1.807) is 12.1 Å². The van der Waals surface area contributed by atoms with Crippen molar-refractivity contribution in [2.75, 3.05) is 6.61 Å². The van der Waals surface area contributed by atoms with Crippen molar-refractivity contribution in [1.29, 1.82) is 0 Å². The fourth-order valence-corrected chi connectivity index (χ4v) is 1.78. The Kier molecular flexibility index (Phi) is 6.19. The molecule has 124 valence electrons. The third-order valence-electron chi connectivity index (χ3n) is 3.03. The number of halogens is 2. The summed E-state index contributed by atoms with van der Waals surface area (Å²) in [5.41, 5.74) is 1.36. The van der Waals surface area contributed by atoms with Gasteiger partial charge in [-0.05, 0) is 41.5 Å². The first-order valence-corrected chi connectivity index (χ1v) is 7.14. The van der Waals surface area contributed by atoms with Gasteiger partial charge < -0.3 is 10.1 Å². The third-order valence-corrected chi connectivity index (χ3v) is 3.03. The second kappa shape index (κ2) is 8.57. The Morgan fingerprint density at radius 3 is 2.17 bits per heavy atom. The Morgan fingerprint density at radius 1 is 0.958 bits per heavy atom. The molecule has 4 nitrogen and oxygen atoms in total. The highest BCUT2D eigenvalue weighted by molar-refractivity contribution is 5.89. The third kappa shape index (κ3) is 6.00. The summed E-state index contributed by atoms with van der Waals surface area (Å²) in [6, 6.07) is 11.2. The average Bonchev–Trinajstić information content (AvgIpc) is 2.59. The molecule has 0 fully saturated rings. The van der Waals surface area contributed by atoms with Crippen molar-refractivity contribution in [3.63, 3.8) is 0 Å². The van der Waals surface area contributed by atoms with E-state index >= 15 is 0 Å². The molecular formula is C18H15F2NO3. The molecule has 0 aliphatic carbocycles. The Balaban J connectivity index is 1.71. The average molecular weight is 331 g/mol. The van der Waals surface area contributed by atoms with Crippen LogP contribution >= 0.6 is 0 Å². The van der Waals surface area contributed by atoms with Gasteiger partial charge in [0.15, 0.2) is 6.61 Å². The van der Waals surface area contributed by atoms with Crippen LogP contribution in [0.2, 0.25) is 0 Å². The van der Waals surface area contributed by atoms with Gasteiger partial charge in [-0.2, -0.15) is 0 Å². The predicted octanol–water partition coefficient (Wildman–Crippen LogP) is 2.84. The molecule has 0 unspecified atom stereocenters. The zero-order chi connectivity index (χ0) is 17.4. The monoisotopic (exact) mass is 331 g/mol. The van der Waals surface area contributed by atoms with Gasteiger partial charge in [-0.15, -0.1) is 0 Å². The van der Waals surface area contributed by atoms with Crippen molar-refractivity contribution in [3.8, 4) is 0 Å². The molecule has 0 saturated carbocycles. The van der Waals surface area contributed by atoms with Crippen LogP contribution in [0.4, 0.5) is 8.78 Å². The number of amides is 1. The lowest BCUT2D eigenvalue weighted by atomic mass is 10.2. The van der Waals surface area contributed by atoms with Crippen molar-refractivity contribution >= 4 is 18.0 Å². The van der Waals surface area contributed by atoms with Crippen LogP contribution in [0.3, 0.4) is 0 Å². The first kappa shape index (κ1) is 17.3. The van der Waals surface area contributed by atoms with Crippen LogP contribution in [0.1, 0.15) is 11.1 Å². The van der Waals surface area contributed by atoms with E-state index in [9.17, 15) is 18.4 Å². The molecule has 0 saturated heterocycles. The molecule has 0 aliphatic rings. The molecule has 0 radical (unpaired) electrons. The maximum atomic E-state index is 12.7. The molecule has 0 bridgehead atoms. The summed E-state index contributed by atoms with van der Waals surface area (Å²) in [6.07, 6.45) is 2.61. The second-order valence-corrected chi connectivity index (χ2v) is 4.90. The van der Waals surface area contributed by atoms with E-state index in [0.717, 1.165) is 11.6 Å². The molecule has 1 amide bonds. The van der Waals surface area contributed by atoms with Gasteiger partial charge in [0, 0.05) is 12.6 Å². The van der Waals surface area contributed by atoms with E-state index in [2.05, 4.69) is 5.32 Å². The maximum absolute atomic E-state index is 12.7. The summed E-state index contributed by atoms with van der Waals surface area (Å²) in [6.45, 7) is -0.212. The van der Waals surface area contributed by atoms with Gasteiger partial charge >= 0.3 is 5.97 Å². The van der Waals surface area contributed by atoms with Gasteiger partial charge in [-0.3, -0.25) is 4.79 Å². The van der Waals surface area contributed by atoms with Crippen molar-refractivity contribution in [2.45, 2.75) is 6.54 Å². The predicted molar refractivity (Wildman–Crippen MR) is 84.6 cm³/mol. The molecule has 0 atom stereocenters. The molecule has 1 N–H and O–H groups in total. The molecule has 2 aromatic carbocycles. The van der Waals surface area contributed by atoms with Crippen molar-refractivity contribution in [2.24, 2.45) is 0 Å². The van der Waals surface area contributed by atoms with Crippen LogP contribution in [0.25, 0.3) is 6.08 Å². The van der Waals surface area contributed by atoms with Crippen molar-refractivity contribution < 1.29 is 23.1 Å². The Labute approximate surface area is 137 Å². The number of carbonyl (C=O) groups is 2. The van der Waals surface area contributed by atoms with Gasteiger partial charge in [-0.25, -0.2) is 13.6 Å². The number of hydrogen-bond acceptors (Lipinski definition) is 3. The van der Waals surface area contributed by atoms with Crippen molar-refractivity contribution in [3.05, 3.63) is 77.4 Å². The zero-order valence-corrected chi connectivity index (χ0v) is 12.7. The first-order chi connectivity index (χ1) is 11.5. The van der Waals surface area contributed by atoms with Crippen LogP contribution in [-0.2, 0) is 20.9 Å². The van der Waals surface area contributed by atoms with Crippen LogP contribution in [0.5, 0.6) is 0 Å². The lowest BCUT2D eigenvalue weighted by Crippen LogP contribution is -2.28. The fraction of sp³-hybridized carbons (Fsp3) is 0.111. The normalized spacial score (nSPS) is 10.6. The number of benzene rings is 2. The Morgan fingerprint density at radius 2 is 1.54 bits per heavy atom. The number of nitrogens with one attached hydrogen (secondary N) is 1. The maximum Gasteiger partial charge on any atom is 0.331 e. The second-order valence-electron chi connectivity index (χ2n) is 4.90. The zero-order valence-electron chi connectivity index (χ0n) is 12.7. The van der Waals surface area contributed by atoms with Gasteiger partial charge in [0.25, 0.3) is 5.91 Å². The minimum Gasteiger partial charge on any atom is -0.452 e. The Hall–Kier alpha value is -3.02. The number of esters is 1. The summed E-state index contributed by atoms with van der Waals surface area (Å²) in [5.74, 6) is -1.88. The highest BCUT2D eigenvalue weighted by Gasteiger charge is 2.05. The lowest BCUT2D eigenvalue weighted by Gasteiger charge is -2.05. The van der Waals surface area contributed by atoms with Crippen LogP contribution < -0.4 is 5.32 Å². The van der Waals surface area contributed by atoms with Crippen LogP contribution in [-0.4, -0.2) is 18.5 Å². The highest BCUT2D eigenvalue weighted by atomic mass is 19.1. The topological polar surface area (TPSA) is 55.4 Å². The number of carbonyl (C=O) groups excluding carboxylic acids is 2. The molecule has 0 aromatic heterocycles. The Bertz CT molecular complexity index is 725. The quantitative estimate of drug-likeness (QED) is 0.654. The fourth-order valence-electron chi connectivity index (χ4n) is 1.78. The van der Waals surface area contributed by atoms with E-state index in [-0.39, 0.29) is 18.2 Å². The van der Waals surface area contributed by atoms with Gasteiger partial charge in [0.05, 0.1) is 0 Å². The lowest BCUT2D eigenvalue weighted by molar-refractivity contribution is -0.143. The molecule has 0 spiro atoms. The summed E-state index contributed by atoms with van der Waals surface area (Å²) in [4.78, 5) is 23.1. The summed E-state index contributed by atoms with van der Waals surface area (Å²) >= 11 is 0. The van der Waals surface area contributed by atoms with E-state index in [0.29, 0.717) is 5.56 Å². The van der Waals surface area contributed by atoms with Crippen LogP contribution in [0.15, 0.2) is 54.6 Å². The minimum atomic E-state index is -0.684. The minimum absolute atomic E-state index is 0.210. The van der Waals surface area contributed by atoms with Gasteiger partial charge in [-0.1, -0.05) is 24.3 Å². The molecule has 2 aromatic rings. The van der Waals surface area contributed by atoms with Crippen LogP contribution in [0, 0.1) is 11.6 Å². The molecule has 0 heterocycles. The number of ether oxygens (including phenoxy) is 1. The van der Waals surface area contributed by atoms with E-state index < -0.39 is 18.5 Å². The molecule has 0 aliphatic heterocycles. The van der Waals surface area contributed by atoms with Gasteiger partial charge in [0.2, 0.25) is 0 Å². The first-order valence-electron chi connectivity index (χ1n) is 7.14. The van der Waals surface area contributed by atoms with E-state index in [1.165, 1.54) is 42.5 Å². The van der Waals surface area contributed by atoms with Crippen molar-refractivity contribution in [1.82, 2.24) is 5.32 Å². The van der Waals surface area contributed by atoms with E-state index in [4.69, 9.17) is 4.74 Å². The highest BCUT2D eigenvalue weighted by Crippen LogP contribution is 2.05. The number of hydrogen-bond donors (Lipinski definition) is 1. The molecular weight excluding hydrogens is 316 g/mol. The molecule has 24 heavy (non-hydrogen) atoms. The summed E-state index contributed by atoms with van der Waals surface area (Å²) < 4.78 is 30.3. The number of rotatable bonds is 6. The standard InChI is InChI=1S/C18H15F2NO3/c19-15-6-1-13(2-7-15)5-10-18(23)24-12-17(22)21-11-14-3-8-16(20)9-4-14/h1-10H,11-12H2,(H,21,22)/b10-5+. The largest absolute Gasteiger partial charge is 0.452 e. The van der Waals surface area contributed by atoms with Gasteiger partial charge in [0.1, 0.15) is 11.6 Å². The molecule has 6 heteroatoms. The SMILES string of the molecule is O=C(COC(=O)/C=C/c1ccc(F)cc1)NCc1ccc(F)cc1. The summed E-state index contributed by atoms with van der Waals surface area (Å²) in [5, 5.41) is 2.55. The molecule has 2 rings (SSSR count). The van der Waals surface area contributed by atoms with E-state index in [1.807, 2.05) is 0 Å². The summed E-state index contributed by atoms with van der Waals surface area (Å²) in [7, 11) is 0. The smallest absolute Gasteiger partial charge is 0.331 e.